The molecule has 0 saturated carbocycles. The molecule has 0 spiro atoms. The first-order chi connectivity index (χ1) is 10.1. The first-order valence-corrected chi connectivity index (χ1v) is 7.53. The van der Waals surface area contributed by atoms with Crippen molar-refractivity contribution in [3.8, 4) is 5.69 Å². The number of thioether (sulfide) groups is 1. The van der Waals surface area contributed by atoms with Crippen LogP contribution in [-0.4, -0.2) is 38.6 Å². The van der Waals surface area contributed by atoms with Crippen LogP contribution in [0.5, 0.6) is 0 Å². The molecule has 2 aromatic rings. The monoisotopic (exact) mass is 322 g/mol. The predicted octanol–water partition coefficient (Wildman–Crippen LogP) is 1.80. The summed E-state index contributed by atoms with van der Waals surface area (Å²) in [4.78, 5) is 16.6. The second-order valence-corrected chi connectivity index (χ2v) is 5.70. The van der Waals surface area contributed by atoms with Gasteiger partial charge >= 0.3 is 5.97 Å². The van der Waals surface area contributed by atoms with E-state index < -0.39 is 5.97 Å². The van der Waals surface area contributed by atoms with Crippen molar-refractivity contribution in [1.29, 1.82) is 0 Å². The summed E-state index contributed by atoms with van der Waals surface area (Å²) in [7, 11) is 1.28. The second kappa shape index (κ2) is 6.68. The fourth-order valence-electron chi connectivity index (χ4n) is 1.80. The summed E-state index contributed by atoms with van der Waals surface area (Å²) in [6.07, 6.45) is 1.43. The van der Waals surface area contributed by atoms with Crippen LogP contribution in [0.25, 0.3) is 5.69 Å². The number of nitrogens with two attached hydrogens (primary N) is 1. The summed E-state index contributed by atoms with van der Waals surface area (Å²) in [5.74, 6) is 0.286. The van der Waals surface area contributed by atoms with Gasteiger partial charge in [-0.25, -0.2) is 14.5 Å². The van der Waals surface area contributed by atoms with Crippen molar-refractivity contribution < 1.29 is 9.53 Å². The summed E-state index contributed by atoms with van der Waals surface area (Å²) < 4.78 is 6.07. The van der Waals surface area contributed by atoms with E-state index in [1.807, 2.05) is 25.1 Å². The molecule has 6 nitrogen and oxygen atoms in total. The molecule has 21 heavy (non-hydrogen) atoms. The summed E-state index contributed by atoms with van der Waals surface area (Å²) in [6, 6.07) is 5.66. The fraction of sp³-hybridized carbons (Fsp3) is 0.231. The van der Waals surface area contributed by atoms with Crippen LogP contribution in [0.15, 0.2) is 29.4 Å². The first kappa shape index (κ1) is 15.5. The lowest BCUT2D eigenvalue weighted by Gasteiger charge is -2.12. The van der Waals surface area contributed by atoms with Gasteiger partial charge in [0.25, 0.3) is 5.82 Å². The van der Waals surface area contributed by atoms with Crippen molar-refractivity contribution in [3.05, 3.63) is 35.9 Å². The van der Waals surface area contributed by atoms with Gasteiger partial charge in [0.05, 0.1) is 12.8 Å². The SMILES string of the molecule is CCSc1cccc(-n2cnc(C(=O)OC)n2)c1C(N)=S. The van der Waals surface area contributed by atoms with Crippen molar-refractivity contribution >= 4 is 34.9 Å². The molecule has 0 aliphatic rings. The summed E-state index contributed by atoms with van der Waals surface area (Å²) in [6.45, 7) is 2.05. The molecule has 0 saturated heterocycles. The Kier molecular flexibility index (Phi) is 4.92. The second-order valence-electron chi connectivity index (χ2n) is 3.95. The lowest BCUT2D eigenvalue weighted by molar-refractivity contribution is 0.0587. The lowest BCUT2D eigenvalue weighted by Crippen LogP contribution is -2.15. The minimum atomic E-state index is -0.593. The van der Waals surface area contributed by atoms with E-state index >= 15 is 0 Å². The summed E-state index contributed by atoms with van der Waals surface area (Å²) in [5.41, 5.74) is 7.25. The average Bonchev–Trinajstić information content (AvgIpc) is 2.96. The number of aromatic nitrogens is 3. The number of rotatable bonds is 5. The maximum Gasteiger partial charge on any atom is 0.377 e. The van der Waals surface area contributed by atoms with Crippen LogP contribution in [0.3, 0.4) is 0 Å². The zero-order chi connectivity index (χ0) is 15.4. The maximum atomic E-state index is 11.4. The Morgan fingerprint density at radius 2 is 2.29 bits per heavy atom. The Morgan fingerprint density at radius 1 is 1.52 bits per heavy atom. The molecular formula is C13H14N4O2S2. The molecule has 0 bridgehead atoms. The molecule has 0 amide bonds. The Bertz CT molecular complexity index is 685. The van der Waals surface area contributed by atoms with Gasteiger partial charge in [0, 0.05) is 10.5 Å². The van der Waals surface area contributed by atoms with Crippen LogP contribution < -0.4 is 5.73 Å². The topological polar surface area (TPSA) is 83.0 Å². The fourth-order valence-corrected chi connectivity index (χ4v) is 2.92. The number of thiocarbonyl (C=S) groups is 1. The minimum Gasteiger partial charge on any atom is -0.463 e. The largest absolute Gasteiger partial charge is 0.463 e. The average molecular weight is 322 g/mol. The maximum absolute atomic E-state index is 11.4. The van der Waals surface area contributed by atoms with E-state index in [1.54, 1.807) is 11.8 Å². The van der Waals surface area contributed by atoms with E-state index in [2.05, 4.69) is 14.8 Å². The van der Waals surface area contributed by atoms with Gasteiger partial charge in [0.15, 0.2) is 0 Å². The van der Waals surface area contributed by atoms with E-state index in [1.165, 1.54) is 18.1 Å². The summed E-state index contributed by atoms with van der Waals surface area (Å²) >= 11 is 6.78. The molecular weight excluding hydrogens is 308 g/mol. The van der Waals surface area contributed by atoms with Crippen LogP contribution in [-0.2, 0) is 4.74 Å². The third-order valence-corrected chi connectivity index (χ3v) is 3.80. The Hall–Kier alpha value is -1.93. The van der Waals surface area contributed by atoms with E-state index in [0.717, 1.165) is 16.2 Å². The van der Waals surface area contributed by atoms with Gasteiger partial charge in [-0.15, -0.1) is 16.9 Å². The molecule has 2 rings (SSSR count). The number of methoxy groups -OCH3 is 1. The number of hydrogen-bond donors (Lipinski definition) is 1. The Labute approximate surface area is 131 Å². The smallest absolute Gasteiger partial charge is 0.377 e. The number of carbonyl (C=O) groups is 1. The van der Waals surface area contributed by atoms with E-state index in [-0.39, 0.29) is 10.8 Å². The highest BCUT2D eigenvalue weighted by atomic mass is 32.2. The molecule has 2 N–H and O–H groups in total. The Balaban J connectivity index is 2.53. The van der Waals surface area contributed by atoms with Crippen LogP contribution >= 0.6 is 24.0 Å². The van der Waals surface area contributed by atoms with Gasteiger partial charge in [-0.3, -0.25) is 0 Å². The van der Waals surface area contributed by atoms with Gasteiger partial charge < -0.3 is 10.5 Å². The van der Waals surface area contributed by atoms with Gasteiger partial charge in [0.1, 0.15) is 11.3 Å². The van der Waals surface area contributed by atoms with E-state index in [4.69, 9.17) is 18.0 Å². The quantitative estimate of drug-likeness (QED) is 0.510. The number of hydrogen-bond acceptors (Lipinski definition) is 6. The highest BCUT2D eigenvalue weighted by molar-refractivity contribution is 7.99. The van der Waals surface area contributed by atoms with Crippen LogP contribution in [0.4, 0.5) is 0 Å². The highest BCUT2D eigenvalue weighted by Gasteiger charge is 2.16. The highest BCUT2D eigenvalue weighted by Crippen LogP contribution is 2.27. The van der Waals surface area contributed by atoms with Crippen molar-refractivity contribution in [2.45, 2.75) is 11.8 Å². The zero-order valence-corrected chi connectivity index (χ0v) is 13.2. The molecule has 0 unspecified atom stereocenters. The van der Waals surface area contributed by atoms with Gasteiger partial charge in [-0.1, -0.05) is 25.2 Å². The van der Waals surface area contributed by atoms with E-state index in [0.29, 0.717) is 5.69 Å². The third kappa shape index (κ3) is 3.22. The normalized spacial score (nSPS) is 10.4. The van der Waals surface area contributed by atoms with E-state index in [9.17, 15) is 4.79 Å². The first-order valence-electron chi connectivity index (χ1n) is 6.14. The van der Waals surface area contributed by atoms with Crippen molar-refractivity contribution in [2.75, 3.05) is 12.9 Å². The minimum absolute atomic E-state index is 0.0139. The molecule has 1 aromatic heterocycles. The Morgan fingerprint density at radius 3 is 2.90 bits per heavy atom. The van der Waals surface area contributed by atoms with Crippen LogP contribution in [0.1, 0.15) is 23.1 Å². The molecule has 1 heterocycles. The van der Waals surface area contributed by atoms with Crippen molar-refractivity contribution in [3.63, 3.8) is 0 Å². The number of benzene rings is 1. The predicted molar refractivity (Wildman–Crippen MR) is 85.0 cm³/mol. The number of ether oxygens (including phenoxy) is 1. The molecule has 0 radical (unpaired) electrons. The van der Waals surface area contributed by atoms with Crippen LogP contribution in [0.2, 0.25) is 0 Å². The van der Waals surface area contributed by atoms with Crippen LogP contribution in [0, 0.1) is 0 Å². The number of esters is 1. The zero-order valence-electron chi connectivity index (χ0n) is 11.6. The van der Waals surface area contributed by atoms with Gasteiger partial charge in [0.2, 0.25) is 0 Å². The standard InChI is InChI=1S/C13H14N4O2S2/c1-3-21-9-6-4-5-8(10(9)11(14)20)17-7-15-12(16-17)13(18)19-2/h4-7H,3H2,1-2H3,(H2,14,20). The molecule has 0 aliphatic carbocycles. The number of carbonyl (C=O) groups excluding carboxylic acids is 1. The molecule has 8 heteroatoms. The molecule has 0 atom stereocenters. The van der Waals surface area contributed by atoms with Crippen molar-refractivity contribution in [1.82, 2.24) is 14.8 Å². The summed E-state index contributed by atoms with van der Waals surface area (Å²) in [5, 5.41) is 4.10. The van der Waals surface area contributed by atoms with Gasteiger partial charge in [-0.2, -0.15) is 0 Å². The van der Waals surface area contributed by atoms with Crippen molar-refractivity contribution in [2.24, 2.45) is 5.73 Å². The molecule has 0 fully saturated rings. The molecule has 110 valence electrons. The lowest BCUT2D eigenvalue weighted by atomic mass is 10.2. The molecule has 0 aliphatic heterocycles. The van der Waals surface area contributed by atoms with Gasteiger partial charge in [-0.05, 0) is 17.9 Å². The third-order valence-electron chi connectivity index (χ3n) is 2.66. The molecule has 1 aromatic carbocycles. The number of nitrogens with zero attached hydrogens (tertiary/aromatic N) is 3.